The molecule has 5 heteroatoms. The van der Waals surface area contributed by atoms with Gasteiger partial charge in [-0.05, 0) is 39.4 Å². The maximum atomic E-state index is 11.4. The van der Waals surface area contributed by atoms with Gasteiger partial charge in [-0.2, -0.15) is 0 Å². The summed E-state index contributed by atoms with van der Waals surface area (Å²) in [6.45, 7) is 8.93. The SMILES string of the molecule is CCCNC(=S)NCC(=O)NC(C)(C)C. The number of hydrogen-bond donors (Lipinski definition) is 3. The third-order valence-corrected chi connectivity index (χ3v) is 1.75. The molecular weight excluding hydrogens is 210 g/mol. The zero-order valence-corrected chi connectivity index (χ0v) is 10.8. The fourth-order valence-electron chi connectivity index (χ4n) is 0.924. The van der Waals surface area contributed by atoms with Gasteiger partial charge in [0.25, 0.3) is 0 Å². The monoisotopic (exact) mass is 231 g/mol. The van der Waals surface area contributed by atoms with Crippen LogP contribution in [0.15, 0.2) is 0 Å². The van der Waals surface area contributed by atoms with Crippen LogP contribution in [0.2, 0.25) is 0 Å². The van der Waals surface area contributed by atoms with Gasteiger partial charge in [-0.3, -0.25) is 4.79 Å². The van der Waals surface area contributed by atoms with E-state index in [1.54, 1.807) is 0 Å². The summed E-state index contributed by atoms with van der Waals surface area (Å²) >= 11 is 4.98. The van der Waals surface area contributed by atoms with Crippen LogP contribution < -0.4 is 16.0 Å². The summed E-state index contributed by atoms with van der Waals surface area (Å²) in [6.07, 6.45) is 1.01. The number of nitrogens with one attached hydrogen (secondary N) is 3. The fourth-order valence-corrected chi connectivity index (χ4v) is 1.10. The Balaban J connectivity index is 3.67. The number of hydrogen-bond acceptors (Lipinski definition) is 2. The van der Waals surface area contributed by atoms with Gasteiger partial charge in [-0.25, -0.2) is 0 Å². The lowest BCUT2D eigenvalue weighted by Crippen LogP contribution is -2.47. The molecule has 0 aromatic carbocycles. The topological polar surface area (TPSA) is 53.2 Å². The molecule has 15 heavy (non-hydrogen) atoms. The molecule has 0 aliphatic carbocycles. The Labute approximate surface area is 97.2 Å². The van der Waals surface area contributed by atoms with E-state index in [2.05, 4.69) is 22.9 Å². The van der Waals surface area contributed by atoms with Gasteiger partial charge in [0.2, 0.25) is 5.91 Å². The van der Waals surface area contributed by atoms with Crippen molar-refractivity contribution in [2.75, 3.05) is 13.1 Å². The van der Waals surface area contributed by atoms with Crippen molar-refractivity contribution in [2.45, 2.75) is 39.7 Å². The highest BCUT2D eigenvalue weighted by atomic mass is 32.1. The van der Waals surface area contributed by atoms with Crippen LogP contribution in [0.4, 0.5) is 0 Å². The molecule has 0 radical (unpaired) electrons. The molecular formula is C10H21N3OS. The molecule has 0 aliphatic rings. The number of carbonyl (C=O) groups is 1. The smallest absolute Gasteiger partial charge is 0.239 e. The first-order valence-corrected chi connectivity index (χ1v) is 5.58. The van der Waals surface area contributed by atoms with Gasteiger partial charge in [0.15, 0.2) is 5.11 Å². The number of rotatable bonds is 4. The molecule has 0 aromatic rings. The molecule has 1 amide bonds. The molecule has 0 aromatic heterocycles. The molecule has 0 spiro atoms. The van der Waals surface area contributed by atoms with Gasteiger partial charge in [0.1, 0.15) is 0 Å². The minimum absolute atomic E-state index is 0.0526. The van der Waals surface area contributed by atoms with E-state index in [0.717, 1.165) is 13.0 Å². The summed E-state index contributed by atoms with van der Waals surface area (Å²) in [4.78, 5) is 11.4. The van der Waals surface area contributed by atoms with Crippen LogP contribution in [0.25, 0.3) is 0 Å². The average molecular weight is 231 g/mol. The summed E-state index contributed by atoms with van der Waals surface area (Å²) in [5.41, 5.74) is -0.197. The average Bonchev–Trinajstić information content (AvgIpc) is 2.08. The second-order valence-electron chi connectivity index (χ2n) is 4.41. The van der Waals surface area contributed by atoms with Crippen molar-refractivity contribution in [1.82, 2.24) is 16.0 Å². The molecule has 3 N–H and O–H groups in total. The second kappa shape index (κ2) is 6.61. The third-order valence-electron chi connectivity index (χ3n) is 1.46. The molecule has 0 fully saturated rings. The van der Waals surface area contributed by atoms with Crippen LogP contribution in [0.3, 0.4) is 0 Å². The molecule has 0 aliphatic heterocycles. The van der Waals surface area contributed by atoms with Crippen molar-refractivity contribution in [1.29, 1.82) is 0 Å². The zero-order valence-electron chi connectivity index (χ0n) is 9.94. The first kappa shape index (κ1) is 14.2. The Hall–Kier alpha value is -0.840. The van der Waals surface area contributed by atoms with Crippen LogP contribution >= 0.6 is 12.2 Å². The minimum Gasteiger partial charge on any atom is -0.363 e. The van der Waals surface area contributed by atoms with Gasteiger partial charge in [0, 0.05) is 12.1 Å². The highest BCUT2D eigenvalue weighted by Crippen LogP contribution is 1.96. The van der Waals surface area contributed by atoms with Crippen molar-refractivity contribution in [3.05, 3.63) is 0 Å². The lowest BCUT2D eigenvalue weighted by Gasteiger charge is -2.20. The lowest BCUT2D eigenvalue weighted by molar-refractivity contribution is -0.121. The standard InChI is InChI=1S/C10H21N3OS/c1-5-6-11-9(15)12-7-8(14)13-10(2,3)4/h5-7H2,1-4H3,(H,13,14)(H2,11,12,15). The van der Waals surface area contributed by atoms with Crippen LogP contribution in [0.1, 0.15) is 34.1 Å². The van der Waals surface area contributed by atoms with Crippen LogP contribution in [0, 0.1) is 0 Å². The van der Waals surface area contributed by atoms with Crippen LogP contribution in [0.5, 0.6) is 0 Å². The zero-order chi connectivity index (χ0) is 11.9. The van der Waals surface area contributed by atoms with Gasteiger partial charge < -0.3 is 16.0 Å². The summed E-state index contributed by atoms with van der Waals surface area (Å²) in [6, 6.07) is 0. The molecule has 4 nitrogen and oxygen atoms in total. The number of carbonyl (C=O) groups excluding carboxylic acids is 1. The fraction of sp³-hybridized carbons (Fsp3) is 0.800. The van der Waals surface area contributed by atoms with Gasteiger partial charge in [0.05, 0.1) is 6.54 Å². The highest BCUT2D eigenvalue weighted by Gasteiger charge is 2.13. The lowest BCUT2D eigenvalue weighted by atomic mass is 10.1. The molecule has 0 heterocycles. The molecule has 0 saturated heterocycles. The van der Waals surface area contributed by atoms with E-state index < -0.39 is 0 Å². The predicted molar refractivity (Wildman–Crippen MR) is 66.8 cm³/mol. The maximum absolute atomic E-state index is 11.4. The van der Waals surface area contributed by atoms with Crippen molar-refractivity contribution in [2.24, 2.45) is 0 Å². The van der Waals surface area contributed by atoms with E-state index in [1.165, 1.54) is 0 Å². The molecule has 0 bridgehead atoms. The Kier molecular flexibility index (Phi) is 6.24. The van der Waals surface area contributed by atoms with Crippen LogP contribution in [-0.2, 0) is 4.79 Å². The summed E-state index contributed by atoms with van der Waals surface area (Å²) in [7, 11) is 0. The van der Waals surface area contributed by atoms with E-state index in [0.29, 0.717) is 5.11 Å². The Morgan fingerprint density at radius 3 is 2.33 bits per heavy atom. The Bertz CT molecular complexity index is 223. The van der Waals surface area contributed by atoms with E-state index >= 15 is 0 Å². The highest BCUT2D eigenvalue weighted by molar-refractivity contribution is 7.80. The normalized spacial score (nSPS) is 10.7. The molecule has 88 valence electrons. The van der Waals surface area contributed by atoms with Gasteiger partial charge >= 0.3 is 0 Å². The molecule has 0 unspecified atom stereocenters. The Morgan fingerprint density at radius 1 is 1.27 bits per heavy atom. The predicted octanol–water partition coefficient (Wildman–Crippen LogP) is 0.775. The van der Waals surface area contributed by atoms with Gasteiger partial charge in [-0.15, -0.1) is 0 Å². The van der Waals surface area contributed by atoms with Gasteiger partial charge in [-0.1, -0.05) is 6.92 Å². The second-order valence-corrected chi connectivity index (χ2v) is 4.82. The first-order valence-electron chi connectivity index (χ1n) is 5.18. The van der Waals surface area contributed by atoms with Crippen molar-refractivity contribution < 1.29 is 4.79 Å². The van der Waals surface area contributed by atoms with E-state index in [1.807, 2.05) is 20.8 Å². The van der Waals surface area contributed by atoms with E-state index in [9.17, 15) is 4.79 Å². The van der Waals surface area contributed by atoms with Crippen molar-refractivity contribution in [3.8, 4) is 0 Å². The summed E-state index contributed by atoms with van der Waals surface area (Å²) < 4.78 is 0. The minimum atomic E-state index is -0.197. The number of thiocarbonyl (C=S) groups is 1. The van der Waals surface area contributed by atoms with E-state index in [4.69, 9.17) is 12.2 Å². The number of amides is 1. The van der Waals surface area contributed by atoms with Crippen LogP contribution in [-0.4, -0.2) is 29.6 Å². The third kappa shape index (κ3) is 9.46. The summed E-state index contributed by atoms with van der Waals surface area (Å²) in [5.74, 6) is -0.0526. The molecule has 0 rings (SSSR count). The Morgan fingerprint density at radius 2 is 1.87 bits per heavy atom. The molecule has 0 saturated carbocycles. The molecule has 0 atom stereocenters. The van der Waals surface area contributed by atoms with Crippen molar-refractivity contribution >= 4 is 23.2 Å². The first-order chi connectivity index (χ1) is 6.85. The van der Waals surface area contributed by atoms with Crippen molar-refractivity contribution in [3.63, 3.8) is 0 Å². The van der Waals surface area contributed by atoms with E-state index in [-0.39, 0.29) is 18.0 Å². The largest absolute Gasteiger partial charge is 0.363 e. The quantitative estimate of drug-likeness (QED) is 0.626. The summed E-state index contributed by atoms with van der Waals surface area (Å²) in [5, 5.41) is 9.21. The maximum Gasteiger partial charge on any atom is 0.239 e.